The van der Waals surface area contributed by atoms with E-state index in [9.17, 15) is 0 Å². The summed E-state index contributed by atoms with van der Waals surface area (Å²) in [4.78, 5) is 0. The fraction of sp³-hybridized carbons (Fsp3) is 0. The lowest BCUT2D eigenvalue weighted by atomic mass is 10.5. The highest BCUT2D eigenvalue weighted by atomic mass is 14.2. The van der Waals surface area contributed by atoms with Crippen LogP contribution in [0.25, 0.3) is 0 Å². The third kappa shape index (κ3) is 4.28. The highest BCUT2D eigenvalue weighted by molar-refractivity contribution is 5.27. The van der Waals surface area contributed by atoms with E-state index in [1.54, 1.807) is 12.1 Å². The van der Waals surface area contributed by atoms with Gasteiger partial charge in [0.05, 0.1) is 6.07 Å². The Morgan fingerprint density at radius 3 is 2.38 bits per heavy atom. The second-order valence-corrected chi connectivity index (χ2v) is 0.844. The van der Waals surface area contributed by atoms with E-state index in [1.807, 2.05) is 0 Å². The molecule has 0 fully saturated rings. The largest absolute Gasteiger partial charge is 0.193 e. The average molecular weight is 102 g/mol. The summed E-state index contributed by atoms with van der Waals surface area (Å²) < 4.78 is 0. The topological polar surface area (TPSA) is 47.6 Å². The summed E-state index contributed by atoms with van der Waals surface area (Å²) >= 11 is 0. The van der Waals surface area contributed by atoms with Crippen LogP contribution in [0.15, 0.2) is 12.2 Å². The van der Waals surface area contributed by atoms with E-state index in [2.05, 4.69) is 11.8 Å². The first-order chi connectivity index (χ1) is 3.91. The Bertz CT molecular complexity index is 214. The zero-order valence-electron chi connectivity index (χ0n) is 4.05. The van der Waals surface area contributed by atoms with Crippen LogP contribution in [0.5, 0.6) is 0 Å². The summed E-state index contributed by atoms with van der Waals surface area (Å²) in [5.74, 6) is 4.42. The molecule has 0 aliphatic carbocycles. The quantitative estimate of drug-likeness (QED) is 0.332. The molecule has 0 saturated heterocycles. The molecule has 0 aliphatic heterocycles. The van der Waals surface area contributed by atoms with E-state index in [0.29, 0.717) is 0 Å². The van der Waals surface area contributed by atoms with Crippen molar-refractivity contribution in [3.8, 4) is 24.0 Å². The summed E-state index contributed by atoms with van der Waals surface area (Å²) in [5.41, 5.74) is 0. The first-order valence-electron chi connectivity index (χ1n) is 1.86. The van der Waals surface area contributed by atoms with Gasteiger partial charge in [-0.05, 0) is 6.08 Å². The Balaban J connectivity index is 3.67. The normalized spacial score (nSPS) is 6.25. The van der Waals surface area contributed by atoms with Gasteiger partial charge in [0.2, 0.25) is 0 Å². The first-order valence-corrected chi connectivity index (χ1v) is 1.86. The zero-order valence-corrected chi connectivity index (χ0v) is 4.05. The van der Waals surface area contributed by atoms with E-state index < -0.39 is 0 Å². The van der Waals surface area contributed by atoms with Gasteiger partial charge in [0, 0.05) is 12.0 Å². The van der Waals surface area contributed by atoms with Gasteiger partial charge in [0.25, 0.3) is 0 Å². The highest BCUT2D eigenvalue weighted by Crippen LogP contribution is 1.62. The van der Waals surface area contributed by atoms with Crippen molar-refractivity contribution in [2.45, 2.75) is 0 Å². The molecule has 0 atom stereocenters. The first kappa shape index (κ1) is 6.28. The predicted octanol–water partition coefficient (Wildman–Crippen LogP) is 0.593. The lowest BCUT2D eigenvalue weighted by Gasteiger charge is -1.53. The van der Waals surface area contributed by atoms with Gasteiger partial charge in [-0.25, -0.2) is 0 Å². The Hall–Kier alpha value is -1.72. The van der Waals surface area contributed by atoms with Crippen molar-refractivity contribution < 1.29 is 0 Å². The van der Waals surface area contributed by atoms with Gasteiger partial charge in [-0.3, -0.25) is 0 Å². The van der Waals surface area contributed by atoms with Crippen molar-refractivity contribution in [1.29, 1.82) is 10.5 Å². The van der Waals surface area contributed by atoms with Crippen molar-refractivity contribution in [3.63, 3.8) is 0 Å². The molecular weight excluding hydrogens is 100 g/mol. The smallest absolute Gasteiger partial charge is 0.152 e. The molecule has 0 aromatic heterocycles. The molecule has 0 heterocycles. The Morgan fingerprint density at radius 1 is 1.12 bits per heavy atom. The van der Waals surface area contributed by atoms with Crippen LogP contribution in [0, 0.1) is 34.5 Å². The highest BCUT2D eigenvalue weighted by Gasteiger charge is 1.56. The predicted molar refractivity (Wildman–Crippen MR) is 28.1 cm³/mol. The Kier molecular flexibility index (Phi) is 4.14. The minimum absolute atomic E-state index is 1.21. The second kappa shape index (κ2) is 5.28. The number of hydrogen-bond donors (Lipinski definition) is 0. The molecule has 0 saturated carbocycles. The number of nitriles is 2. The molecule has 36 valence electrons. The lowest BCUT2D eigenvalue weighted by molar-refractivity contribution is 1.53. The molecule has 8 heavy (non-hydrogen) atoms. The maximum absolute atomic E-state index is 7.88. The SMILES string of the molecule is N#CC#CC=CC#N. The van der Waals surface area contributed by atoms with Gasteiger partial charge in [-0.15, -0.1) is 0 Å². The molecule has 0 aromatic rings. The minimum atomic E-state index is 1.21. The third-order valence-electron chi connectivity index (χ3n) is 0.369. The number of nitrogens with zero attached hydrogens (tertiary/aromatic N) is 2. The van der Waals surface area contributed by atoms with E-state index in [1.165, 1.54) is 12.2 Å². The molecule has 2 heteroatoms. The maximum Gasteiger partial charge on any atom is 0.152 e. The van der Waals surface area contributed by atoms with Crippen LogP contribution in [0.3, 0.4) is 0 Å². The van der Waals surface area contributed by atoms with Gasteiger partial charge >= 0.3 is 0 Å². The Labute approximate surface area is 47.7 Å². The molecule has 0 N–H and O–H groups in total. The van der Waals surface area contributed by atoms with Crippen LogP contribution in [-0.4, -0.2) is 0 Å². The lowest BCUT2D eigenvalue weighted by Crippen LogP contribution is -1.47. The van der Waals surface area contributed by atoms with Crippen LogP contribution in [0.4, 0.5) is 0 Å². The summed E-state index contributed by atoms with van der Waals surface area (Å²) in [6.45, 7) is 0. The van der Waals surface area contributed by atoms with Crippen molar-refractivity contribution >= 4 is 0 Å². The maximum atomic E-state index is 7.88. The van der Waals surface area contributed by atoms with E-state index in [4.69, 9.17) is 10.5 Å². The second-order valence-electron chi connectivity index (χ2n) is 0.844. The van der Waals surface area contributed by atoms with Gasteiger partial charge in [-0.1, -0.05) is 5.92 Å². The van der Waals surface area contributed by atoms with Crippen LogP contribution in [0.2, 0.25) is 0 Å². The molecule has 0 spiro atoms. The molecule has 0 rings (SSSR count). The summed E-state index contributed by atoms with van der Waals surface area (Å²) in [6, 6.07) is 3.34. The molecular formula is C6H2N2. The van der Waals surface area contributed by atoms with Crippen LogP contribution < -0.4 is 0 Å². The molecule has 0 unspecified atom stereocenters. The molecule has 2 nitrogen and oxygen atoms in total. The Morgan fingerprint density at radius 2 is 1.88 bits per heavy atom. The van der Waals surface area contributed by atoms with Crippen molar-refractivity contribution in [1.82, 2.24) is 0 Å². The fourth-order valence-electron chi connectivity index (χ4n) is 0.153. The molecule has 0 aliphatic rings. The number of hydrogen-bond acceptors (Lipinski definition) is 2. The van der Waals surface area contributed by atoms with E-state index in [-0.39, 0.29) is 0 Å². The number of rotatable bonds is 0. The minimum Gasteiger partial charge on any atom is -0.193 e. The summed E-state index contributed by atoms with van der Waals surface area (Å²) in [5, 5.41) is 15.7. The van der Waals surface area contributed by atoms with Crippen LogP contribution >= 0.6 is 0 Å². The van der Waals surface area contributed by atoms with Crippen molar-refractivity contribution in [2.75, 3.05) is 0 Å². The fourth-order valence-corrected chi connectivity index (χ4v) is 0.153. The van der Waals surface area contributed by atoms with Gasteiger partial charge in [-0.2, -0.15) is 10.5 Å². The van der Waals surface area contributed by atoms with Crippen LogP contribution in [0.1, 0.15) is 0 Å². The van der Waals surface area contributed by atoms with Gasteiger partial charge in [0.1, 0.15) is 0 Å². The standard InChI is InChI=1S/C6H2N2/c7-5-3-1-2-4-6-8/h1,3H. The van der Waals surface area contributed by atoms with Crippen molar-refractivity contribution in [2.24, 2.45) is 0 Å². The molecule has 0 aromatic carbocycles. The molecule has 0 radical (unpaired) electrons. The zero-order chi connectivity index (χ0) is 6.24. The summed E-state index contributed by atoms with van der Waals surface area (Å²) in [7, 11) is 0. The van der Waals surface area contributed by atoms with Crippen LogP contribution in [-0.2, 0) is 0 Å². The monoisotopic (exact) mass is 102 g/mol. The summed E-state index contributed by atoms with van der Waals surface area (Å²) in [6.07, 6.45) is 2.54. The van der Waals surface area contributed by atoms with E-state index >= 15 is 0 Å². The molecule has 0 amide bonds. The van der Waals surface area contributed by atoms with Gasteiger partial charge < -0.3 is 0 Å². The number of allylic oxidation sites excluding steroid dienone is 2. The van der Waals surface area contributed by atoms with E-state index in [0.717, 1.165) is 0 Å². The third-order valence-corrected chi connectivity index (χ3v) is 0.369. The average Bonchev–Trinajstić information content (AvgIpc) is 1.81. The van der Waals surface area contributed by atoms with Crippen molar-refractivity contribution in [3.05, 3.63) is 12.2 Å². The molecule has 0 bridgehead atoms. The van der Waals surface area contributed by atoms with Gasteiger partial charge in [0.15, 0.2) is 6.07 Å².